The summed E-state index contributed by atoms with van der Waals surface area (Å²) in [6, 6.07) is 7.33. The number of hydrogen-bond donors (Lipinski definition) is 2. The fourth-order valence-electron chi connectivity index (χ4n) is 3.63. The predicted molar refractivity (Wildman–Crippen MR) is 92.5 cm³/mol. The molecule has 0 saturated carbocycles. The second-order valence-electron chi connectivity index (χ2n) is 6.99. The van der Waals surface area contributed by atoms with Crippen molar-refractivity contribution >= 4 is 11.6 Å². The number of hydrogen-bond acceptors (Lipinski definition) is 4. The first-order chi connectivity index (χ1) is 11.5. The van der Waals surface area contributed by atoms with Crippen LogP contribution in [0.3, 0.4) is 0 Å². The topological polar surface area (TPSA) is 57.5 Å². The number of morpholine rings is 1. The zero-order valence-corrected chi connectivity index (χ0v) is 14.6. The average Bonchev–Trinajstić information content (AvgIpc) is 2.55. The predicted octanol–water partition coefficient (Wildman–Crippen LogP) is -0.267. The van der Waals surface area contributed by atoms with Gasteiger partial charge in [0.25, 0.3) is 5.91 Å². The molecule has 0 radical (unpaired) electrons. The summed E-state index contributed by atoms with van der Waals surface area (Å²) in [5.41, 5.74) is 1.13. The maximum Gasteiger partial charge on any atom is 0.277 e. The number of anilines is 1. The molecule has 0 aromatic heterocycles. The molecule has 6 nitrogen and oxygen atoms in total. The first-order valence-electron chi connectivity index (χ1n) is 8.82. The van der Waals surface area contributed by atoms with E-state index in [4.69, 9.17) is 4.74 Å². The number of aromatic hydroxyl groups is 1. The molecule has 2 atom stereocenters. The molecule has 0 bridgehead atoms. The lowest BCUT2D eigenvalue weighted by Gasteiger charge is -2.37. The first-order valence-corrected chi connectivity index (χ1v) is 8.82. The van der Waals surface area contributed by atoms with Crippen molar-refractivity contribution in [3.8, 4) is 5.75 Å². The van der Waals surface area contributed by atoms with Gasteiger partial charge in [-0.2, -0.15) is 0 Å². The number of benzene rings is 1. The van der Waals surface area contributed by atoms with Gasteiger partial charge in [-0.3, -0.25) is 4.79 Å². The Labute approximate surface area is 143 Å². The lowest BCUT2D eigenvalue weighted by atomic mass is 10.2. The third-order valence-electron chi connectivity index (χ3n) is 4.86. The summed E-state index contributed by atoms with van der Waals surface area (Å²) in [4.78, 5) is 18.2. The molecular formula is C18H28N3O3+. The summed E-state index contributed by atoms with van der Waals surface area (Å²) in [6.07, 6.45) is 0.248. The molecule has 2 aliphatic heterocycles. The smallest absolute Gasteiger partial charge is 0.277 e. The molecule has 2 heterocycles. The van der Waals surface area contributed by atoms with Gasteiger partial charge in [0.2, 0.25) is 0 Å². The minimum atomic E-state index is 0.124. The van der Waals surface area contributed by atoms with Crippen molar-refractivity contribution in [2.75, 3.05) is 50.7 Å². The second kappa shape index (κ2) is 7.40. The summed E-state index contributed by atoms with van der Waals surface area (Å²) in [5, 5.41) is 9.38. The molecule has 2 fully saturated rings. The molecule has 3 rings (SSSR count). The van der Waals surface area contributed by atoms with Crippen molar-refractivity contribution < 1.29 is 19.5 Å². The van der Waals surface area contributed by atoms with E-state index in [1.165, 1.54) is 4.90 Å². The van der Waals surface area contributed by atoms with E-state index in [0.717, 1.165) is 31.9 Å². The normalized spacial score (nSPS) is 25.8. The molecule has 132 valence electrons. The lowest BCUT2D eigenvalue weighted by molar-refractivity contribution is -0.892. The molecule has 0 spiro atoms. The summed E-state index contributed by atoms with van der Waals surface area (Å²) in [7, 11) is 0. The molecule has 1 aromatic rings. The van der Waals surface area contributed by atoms with Crippen LogP contribution in [0.1, 0.15) is 13.8 Å². The fraction of sp³-hybridized carbons (Fsp3) is 0.611. The number of nitrogens with zero attached hydrogens (tertiary/aromatic N) is 2. The van der Waals surface area contributed by atoms with Crippen molar-refractivity contribution in [3.05, 3.63) is 24.3 Å². The minimum Gasteiger partial charge on any atom is -0.508 e. The maximum absolute atomic E-state index is 12.6. The highest BCUT2D eigenvalue weighted by Crippen LogP contribution is 2.18. The number of quaternary nitrogens is 1. The molecule has 2 saturated heterocycles. The fourth-order valence-corrected chi connectivity index (χ4v) is 3.63. The minimum absolute atomic E-state index is 0.124. The number of phenolic OH excluding ortho intramolecular Hbond substituents is 1. The van der Waals surface area contributed by atoms with E-state index in [2.05, 4.69) is 4.90 Å². The Bertz CT molecular complexity index is 545. The average molecular weight is 334 g/mol. The molecular weight excluding hydrogens is 306 g/mol. The number of carbonyl (C=O) groups is 1. The third-order valence-corrected chi connectivity index (χ3v) is 4.86. The summed E-state index contributed by atoms with van der Waals surface area (Å²) >= 11 is 0. The Balaban J connectivity index is 1.48. The number of phenols is 1. The van der Waals surface area contributed by atoms with Crippen molar-refractivity contribution in [2.24, 2.45) is 0 Å². The number of piperazine rings is 1. The van der Waals surface area contributed by atoms with Gasteiger partial charge < -0.3 is 24.5 Å². The van der Waals surface area contributed by atoms with Crippen LogP contribution < -0.4 is 9.80 Å². The molecule has 2 aliphatic rings. The first kappa shape index (κ1) is 17.0. The number of carbonyl (C=O) groups excluding carboxylic acids is 1. The van der Waals surface area contributed by atoms with E-state index in [1.54, 1.807) is 12.1 Å². The monoisotopic (exact) mass is 334 g/mol. The van der Waals surface area contributed by atoms with Crippen LogP contribution in [0.25, 0.3) is 0 Å². The van der Waals surface area contributed by atoms with E-state index in [-0.39, 0.29) is 18.1 Å². The van der Waals surface area contributed by atoms with Gasteiger partial charge in [0.15, 0.2) is 6.54 Å². The van der Waals surface area contributed by atoms with E-state index in [1.807, 2.05) is 30.9 Å². The summed E-state index contributed by atoms with van der Waals surface area (Å²) in [6.45, 7) is 9.82. The van der Waals surface area contributed by atoms with E-state index in [0.29, 0.717) is 25.4 Å². The molecule has 0 unspecified atom stereocenters. The zero-order valence-electron chi connectivity index (χ0n) is 14.6. The SMILES string of the molecule is C[C@@H]1CN(C(=O)C[NH+]2CCN(c3ccc(O)cc3)CC2)C[C@H](C)O1. The Morgan fingerprint density at radius 1 is 1.17 bits per heavy atom. The highest BCUT2D eigenvalue weighted by Gasteiger charge is 2.29. The largest absolute Gasteiger partial charge is 0.508 e. The third kappa shape index (κ3) is 4.19. The number of rotatable bonds is 3. The van der Waals surface area contributed by atoms with Crippen LogP contribution in [0.5, 0.6) is 5.75 Å². The zero-order chi connectivity index (χ0) is 17.1. The molecule has 0 aliphatic carbocycles. The van der Waals surface area contributed by atoms with E-state index in [9.17, 15) is 9.90 Å². The van der Waals surface area contributed by atoms with Gasteiger partial charge in [0.1, 0.15) is 5.75 Å². The van der Waals surface area contributed by atoms with Crippen LogP contribution in [0.4, 0.5) is 5.69 Å². The number of amides is 1. The van der Waals surface area contributed by atoms with Gasteiger partial charge in [0.05, 0.1) is 38.4 Å². The van der Waals surface area contributed by atoms with E-state index < -0.39 is 0 Å². The van der Waals surface area contributed by atoms with Gasteiger partial charge in [0, 0.05) is 18.8 Å². The molecule has 2 N–H and O–H groups in total. The van der Waals surface area contributed by atoms with E-state index >= 15 is 0 Å². The Morgan fingerprint density at radius 3 is 2.33 bits per heavy atom. The quantitative estimate of drug-likeness (QED) is 0.799. The van der Waals surface area contributed by atoms with Gasteiger partial charge in [-0.1, -0.05) is 0 Å². The Morgan fingerprint density at radius 2 is 1.75 bits per heavy atom. The van der Waals surface area contributed by atoms with Crippen LogP contribution in [-0.4, -0.2) is 73.9 Å². The maximum atomic E-state index is 12.6. The van der Waals surface area contributed by atoms with Crippen LogP contribution in [0, 0.1) is 0 Å². The molecule has 1 aromatic carbocycles. The standard InChI is InChI=1S/C18H27N3O3/c1-14-11-21(12-15(2)24-14)18(23)13-19-7-9-20(10-8-19)16-3-5-17(22)6-4-16/h3-6,14-15,22H,7-13H2,1-2H3/p+1/t14-,15+. The highest BCUT2D eigenvalue weighted by molar-refractivity contribution is 5.77. The Hall–Kier alpha value is -1.79. The van der Waals surface area contributed by atoms with Crippen LogP contribution in [0.2, 0.25) is 0 Å². The van der Waals surface area contributed by atoms with Crippen molar-refractivity contribution in [1.29, 1.82) is 0 Å². The van der Waals surface area contributed by atoms with Gasteiger partial charge >= 0.3 is 0 Å². The van der Waals surface area contributed by atoms with Gasteiger partial charge in [-0.25, -0.2) is 0 Å². The van der Waals surface area contributed by atoms with Crippen molar-refractivity contribution in [3.63, 3.8) is 0 Å². The Kier molecular flexibility index (Phi) is 5.26. The number of nitrogens with one attached hydrogen (secondary N) is 1. The summed E-state index contributed by atoms with van der Waals surface area (Å²) < 4.78 is 5.70. The molecule has 1 amide bonds. The summed E-state index contributed by atoms with van der Waals surface area (Å²) in [5.74, 6) is 0.535. The number of ether oxygens (including phenoxy) is 1. The molecule has 6 heteroatoms. The van der Waals surface area contributed by atoms with Crippen LogP contribution in [0.15, 0.2) is 24.3 Å². The van der Waals surface area contributed by atoms with Gasteiger partial charge in [-0.05, 0) is 38.1 Å². The lowest BCUT2D eigenvalue weighted by Crippen LogP contribution is -3.16. The van der Waals surface area contributed by atoms with Gasteiger partial charge in [-0.15, -0.1) is 0 Å². The second-order valence-corrected chi connectivity index (χ2v) is 6.99. The van der Waals surface area contributed by atoms with Crippen LogP contribution >= 0.6 is 0 Å². The van der Waals surface area contributed by atoms with Crippen LogP contribution in [-0.2, 0) is 9.53 Å². The van der Waals surface area contributed by atoms with Crippen molar-refractivity contribution in [2.45, 2.75) is 26.1 Å². The highest BCUT2D eigenvalue weighted by atomic mass is 16.5. The van der Waals surface area contributed by atoms with Crippen molar-refractivity contribution in [1.82, 2.24) is 4.90 Å². The molecule has 24 heavy (non-hydrogen) atoms.